The van der Waals surface area contributed by atoms with Crippen LogP contribution in [-0.4, -0.2) is 79.6 Å². The van der Waals surface area contributed by atoms with Gasteiger partial charge < -0.3 is 24.2 Å². The summed E-state index contributed by atoms with van der Waals surface area (Å²) in [5, 5.41) is 0. The Morgan fingerprint density at radius 1 is 0.655 bits per heavy atom. The predicted octanol–water partition coefficient (Wildman–Crippen LogP) is 1.83. The monoisotopic (exact) mass is 398 g/mol. The third kappa shape index (κ3) is 6.13. The van der Waals surface area contributed by atoms with Gasteiger partial charge in [0.15, 0.2) is 0 Å². The van der Waals surface area contributed by atoms with Crippen molar-refractivity contribution in [2.24, 2.45) is 0 Å². The summed E-state index contributed by atoms with van der Waals surface area (Å²) in [5.74, 6) is 1.79. The van der Waals surface area contributed by atoms with Gasteiger partial charge in [-0.25, -0.2) is 0 Å². The third-order valence-electron chi connectivity index (χ3n) is 4.50. The molecule has 0 aliphatic carbocycles. The van der Waals surface area contributed by atoms with E-state index in [0.717, 1.165) is 13.2 Å². The number of anilines is 3. The van der Waals surface area contributed by atoms with Gasteiger partial charge in [0.25, 0.3) is 0 Å². The fourth-order valence-corrected chi connectivity index (χ4v) is 2.94. The van der Waals surface area contributed by atoms with Crippen molar-refractivity contribution >= 4 is 17.8 Å². The van der Waals surface area contributed by atoms with Gasteiger partial charge in [0, 0.05) is 39.3 Å². The Hall–Kier alpha value is -2.71. The standard InChI is InChI=1S/C21H30N6O2/c1-5-9-25(10-6-2)19-22-20(26(11-7-3)13-17-15-28-17)24-21(23-19)27(12-8-4)14-18-16-29-18/h5-8,17-18H,1-4,9-16H2. The molecule has 0 saturated carbocycles. The van der Waals surface area contributed by atoms with Gasteiger partial charge in [-0.15, -0.1) is 26.3 Å². The summed E-state index contributed by atoms with van der Waals surface area (Å²) in [6, 6.07) is 0. The Bertz CT molecular complexity index is 676. The van der Waals surface area contributed by atoms with Gasteiger partial charge in [0.1, 0.15) is 0 Å². The van der Waals surface area contributed by atoms with E-state index >= 15 is 0 Å². The zero-order valence-electron chi connectivity index (χ0n) is 16.9. The van der Waals surface area contributed by atoms with Crippen LogP contribution in [-0.2, 0) is 9.47 Å². The Kier molecular flexibility index (Phi) is 7.37. The minimum Gasteiger partial charge on any atom is -0.371 e. The van der Waals surface area contributed by atoms with Gasteiger partial charge in [0.05, 0.1) is 25.4 Å². The molecule has 3 heterocycles. The Morgan fingerprint density at radius 2 is 0.966 bits per heavy atom. The number of hydrogen-bond donors (Lipinski definition) is 0. The van der Waals surface area contributed by atoms with Crippen LogP contribution in [0, 0.1) is 0 Å². The molecule has 156 valence electrons. The van der Waals surface area contributed by atoms with Crippen molar-refractivity contribution in [2.45, 2.75) is 12.2 Å². The smallest absolute Gasteiger partial charge is 0.232 e. The maximum Gasteiger partial charge on any atom is 0.232 e. The van der Waals surface area contributed by atoms with Gasteiger partial charge >= 0.3 is 0 Å². The highest BCUT2D eigenvalue weighted by molar-refractivity contribution is 5.48. The molecular weight excluding hydrogens is 368 g/mol. The molecule has 0 spiro atoms. The van der Waals surface area contributed by atoms with Crippen LogP contribution in [0.25, 0.3) is 0 Å². The molecule has 2 atom stereocenters. The molecule has 29 heavy (non-hydrogen) atoms. The van der Waals surface area contributed by atoms with Crippen LogP contribution < -0.4 is 14.7 Å². The maximum absolute atomic E-state index is 5.41. The molecule has 2 aliphatic heterocycles. The second-order valence-electron chi connectivity index (χ2n) is 7.02. The van der Waals surface area contributed by atoms with Gasteiger partial charge in [-0.2, -0.15) is 15.0 Å². The van der Waals surface area contributed by atoms with Gasteiger partial charge in [0.2, 0.25) is 17.8 Å². The van der Waals surface area contributed by atoms with Crippen molar-refractivity contribution in [3.63, 3.8) is 0 Å². The topological polar surface area (TPSA) is 73.5 Å². The largest absolute Gasteiger partial charge is 0.371 e. The molecule has 1 aromatic rings. The summed E-state index contributed by atoms with van der Waals surface area (Å²) in [5.41, 5.74) is 0. The van der Waals surface area contributed by atoms with E-state index in [0.29, 0.717) is 57.1 Å². The van der Waals surface area contributed by atoms with Crippen LogP contribution in [0.15, 0.2) is 50.6 Å². The highest BCUT2D eigenvalue weighted by Crippen LogP contribution is 2.23. The van der Waals surface area contributed by atoms with Crippen molar-refractivity contribution in [2.75, 3.05) is 67.2 Å². The van der Waals surface area contributed by atoms with Crippen LogP contribution >= 0.6 is 0 Å². The first kappa shape index (κ1) is 21.0. The van der Waals surface area contributed by atoms with Crippen LogP contribution in [0.5, 0.6) is 0 Å². The second kappa shape index (κ2) is 10.2. The molecular formula is C21H30N6O2. The minimum absolute atomic E-state index is 0.209. The molecule has 2 aliphatic rings. The molecule has 0 bridgehead atoms. The summed E-state index contributed by atoms with van der Waals surface area (Å²) >= 11 is 0. The molecule has 0 amide bonds. The normalized spacial score (nSPS) is 19.2. The van der Waals surface area contributed by atoms with Crippen molar-refractivity contribution in [1.82, 2.24) is 15.0 Å². The van der Waals surface area contributed by atoms with E-state index in [4.69, 9.17) is 24.4 Å². The van der Waals surface area contributed by atoms with E-state index in [9.17, 15) is 0 Å². The van der Waals surface area contributed by atoms with Crippen molar-refractivity contribution < 1.29 is 9.47 Å². The van der Waals surface area contributed by atoms with Crippen molar-refractivity contribution in [3.05, 3.63) is 50.6 Å². The first-order valence-corrected chi connectivity index (χ1v) is 9.86. The summed E-state index contributed by atoms with van der Waals surface area (Å²) in [6.07, 6.45) is 7.75. The number of hydrogen-bond acceptors (Lipinski definition) is 8. The lowest BCUT2D eigenvalue weighted by Gasteiger charge is -2.27. The fraction of sp³-hybridized carbons (Fsp3) is 0.476. The zero-order valence-corrected chi connectivity index (χ0v) is 16.9. The Morgan fingerprint density at radius 3 is 1.28 bits per heavy atom. The average molecular weight is 399 g/mol. The van der Waals surface area contributed by atoms with Gasteiger partial charge in [-0.05, 0) is 0 Å². The lowest BCUT2D eigenvalue weighted by Crippen LogP contribution is -2.35. The molecule has 0 aromatic carbocycles. The van der Waals surface area contributed by atoms with E-state index in [1.807, 2.05) is 29.2 Å². The van der Waals surface area contributed by atoms with Crippen LogP contribution in [0.2, 0.25) is 0 Å². The second-order valence-corrected chi connectivity index (χ2v) is 7.02. The van der Waals surface area contributed by atoms with Crippen molar-refractivity contribution in [3.8, 4) is 0 Å². The van der Waals surface area contributed by atoms with Crippen LogP contribution in [0.4, 0.5) is 17.8 Å². The maximum atomic E-state index is 5.41. The first-order chi connectivity index (χ1) is 14.2. The van der Waals surface area contributed by atoms with Gasteiger partial charge in [-0.3, -0.25) is 0 Å². The number of ether oxygens (including phenoxy) is 2. The fourth-order valence-electron chi connectivity index (χ4n) is 2.94. The van der Waals surface area contributed by atoms with E-state index in [1.54, 1.807) is 0 Å². The number of epoxide rings is 2. The number of rotatable bonds is 15. The average Bonchev–Trinajstić information content (AvgIpc) is 3.63. The molecule has 0 radical (unpaired) electrons. The molecule has 2 fully saturated rings. The molecule has 8 heteroatoms. The third-order valence-corrected chi connectivity index (χ3v) is 4.50. The quantitative estimate of drug-likeness (QED) is 0.327. The van der Waals surface area contributed by atoms with E-state index in [-0.39, 0.29) is 12.2 Å². The number of aromatic nitrogens is 3. The predicted molar refractivity (Wildman–Crippen MR) is 117 cm³/mol. The number of nitrogens with zero attached hydrogens (tertiary/aromatic N) is 6. The van der Waals surface area contributed by atoms with Crippen LogP contribution in [0.3, 0.4) is 0 Å². The zero-order chi connectivity index (χ0) is 20.6. The Labute approximate surface area is 172 Å². The summed E-state index contributed by atoms with van der Waals surface area (Å²) in [4.78, 5) is 20.4. The van der Waals surface area contributed by atoms with E-state index in [1.165, 1.54) is 0 Å². The van der Waals surface area contributed by atoms with E-state index < -0.39 is 0 Å². The van der Waals surface area contributed by atoms with Crippen molar-refractivity contribution in [1.29, 1.82) is 0 Å². The molecule has 2 unspecified atom stereocenters. The lowest BCUT2D eigenvalue weighted by atomic mass is 10.4. The molecule has 0 N–H and O–H groups in total. The highest BCUT2D eigenvalue weighted by atomic mass is 16.6. The molecule has 1 aromatic heterocycles. The molecule has 3 rings (SSSR count). The summed E-state index contributed by atoms with van der Waals surface area (Å²) in [7, 11) is 0. The Balaban J connectivity index is 1.98. The highest BCUT2D eigenvalue weighted by Gasteiger charge is 2.29. The lowest BCUT2D eigenvalue weighted by molar-refractivity contribution is 0.407. The molecule has 8 nitrogen and oxygen atoms in total. The molecule has 2 saturated heterocycles. The summed E-state index contributed by atoms with van der Waals surface area (Å²) in [6.45, 7) is 20.9. The minimum atomic E-state index is 0.209. The SMILES string of the molecule is C=CCN(CC=C)c1nc(N(CC=C)CC2CO2)nc(N(CC=C)CC2CO2)n1. The van der Waals surface area contributed by atoms with Gasteiger partial charge in [-0.1, -0.05) is 24.3 Å². The first-order valence-electron chi connectivity index (χ1n) is 9.86. The van der Waals surface area contributed by atoms with E-state index in [2.05, 4.69) is 36.1 Å². The van der Waals surface area contributed by atoms with Crippen LogP contribution in [0.1, 0.15) is 0 Å². The summed E-state index contributed by atoms with van der Waals surface area (Å²) < 4.78 is 10.8.